The van der Waals surface area contributed by atoms with Crippen molar-refractivity contribution in [1.82, 2.24) is 9.97 Å². The Kier molecular flexibility index (Phi) is 5.80. The Hall–Kier alpha value is -3.23. The average Bonchev–Trinajstić information content (AvgIpc) is 2.68. The van der Waals surface area contributed by atoms with Gasteiger partial charge in [0.15, 0.2) is 0 Å². The Morgan fingerprint density at radius 1 is 1.19 bits per heavy atom. The van der Waals surface area contributed by atoms with Crippen LogP contribution in [0.5, 0.6) is 11.6 Å². The van der Waals surface area contributed by atoms with Gasteiger partial charge in [-0.1, -0.05) is 19.3 Å². The molecule has 0 amide bonds. The molecule has 0 saturated heterocycles. The van der Waals surface area contributed by atoms with Gasteiger partial charge in [-0.3, -0.25) is 10.1 Å². The summed E-state index contributed by atoms with van der Waals surface area (Å²) in [7, 11) is 1.29. The van der Waals surface area contributed by atoms with Crippen molar-refractivity contribution < 1.29 is 19.2 Å². The second-order valence-electron chi connectivity index (χ2n) is 6.23. The highest BCUT2D eigenvalue weighted by molar-refractivity contribution is 5.89. The first-order valence-electron chi connectivity index (χ1n) is 8.70. The van der Waals surface area contributed by atoms with Crippen molar-refractivity contribution in [2.45, 2.75) is 38.1 Å². The zero-order valence-corrected chi connectivity index (χ0v) is 14.9. The lowest BCUT2D eigenvalue weighted by Crippen LogP contribution is -2.23. The summed E-state index contributed by atoms with van der Waals surface area (Å²) in [6.45, 7) is 0. The molecule has 0 aliphatic heterocycles. The fourth-order valence-electron chi connectivity index (χ4n) is 3.04. The predicted molar refractivity (Wildman–Crippen MR) is 97.0 cm³/mol. The molecule has 1 aliphatic carbocycles. The van der Waals surface area contributed by atoms with E-state index in [0.29, 0.717) is 11.3 Å². The van der Waals surface area contributed by atoms with Crippen molar-refractivity contribution in [2.24, 2.45) is 0 Å². The third-order valence-electron chi connectivity index (χ3n) is 4.41. The second kappa shape index (κ2) is 8.43. The van der Waals surface area contributed by atoms with E-state index in [-0.39, 0.29) is 23.4 Å². The van der Waals surface area contributed by atoms with Gasteiger partial charge in [0.05, 0.1) is 17.6 Å². The van der Waals surface area contributed by atoms with Gasteiger partial charge < -0.3 is 14.8 Å². The Morgan fingerprint density at radius 2 is 1.89 bits per heavy atom. The van der Waals surface area contributed by atoms with Gasteiger partial charge in [0.2, 0.25) is 5.82 Å². The zero-order valence-electron chi connectivity index (χ0n) is 14.9. The Bertz CT molecular complexity index is 819. The highest BCUT2D eigenvalue weighted by Gasteiger charge is 2.27. The average molecular weight is 372 g/mol. The summed E-state index contributed by atoms with van der Waals surface area (Å²) < 4.78 is 10.2. The summed E-state index contributed by atoms with van der Waals surface area (Å²) in [5, 5.41) is 14.8. The van der Waals surface area contributed by atoms with Gasteiger partial charge in [0, 0.05) is 6.04 Å². The molecule has 1 aromatic heterocycles. The number of carbonyl (C=O) groups excluding carboxylic acids is 1. The minimum Gasteiger partial charge on any atom is -0.465 e. The molecule has 3 rings (SSSR count). The highest BCUT2D eigenvalue weighted by Crippen LogP contribution is 2.35. The fourth-order valence-corrected chi connectivity index (χ4v) is 3.04. The second-order valence-corrected chi connectivity index (χ2v) is 6.23. The van der Waals surface area contributed by atoms with E-state index in [1.54, 1.807) is 0 Å². The lowest BCUT2D eigenvalue weighted by atomic mass is 9.95. The van der Waals surface area contributed by atoms with Gasteiger partial charge in [0.25, 0.3) is 0 Å². The van der Waals surface area contributed by atoms with Crippen LogP contribution in [0.3, 0.4) is 0 Å². The van der Waals surface area contributed by atoms with Crippen LogP contribution in [0.2, 0.25) is 0 Å². The standard InChI is InChI=1S/C18H20N4O5/c1-26-18(23)12-7-9-14(10-8-12)27-17-15(22(24)25)16(19-11-20-17)21-13-5-3-2-4-6-13/h7-11,13H,2-6H2,1H3,(H,19,20,21). The predicted octanol–water partition coefficient (Wildman–Crippen LogP) is 3.71. The molecule has 1 heterocycles. The van der Waals surface area contributed by atoms with Gasteiger partial charge in [-0.25, -0.2) is 9.78 Å². The molecule has 142 valence electrons. The first-order valence-corrected chi connectivity index (χ1v) is 8.70. The highest BCUT2D eigenvalue weighted by atomic mass is 16.6. The van der Waals surface area contributed by atoms with Crippen LogP contribution in [-0.2, 0) is 4.74 Å². The molecule has 0 bridgehead atoms. The number of ether oxygens (including phenoxy) is 2. The van der Waals surface area contributed by atoms with E-state index in [1.807, 2.05) is 0 Å². The number of rotatable bonds is 6. The number of hydrogen-bond donors (Lipinski definition) is 1. The molecule has 0 atom stereocenters. The molecule has 1 aromatic carbocycles. The van der Waals surface area contributed by atoms with Crippen LogP contribution >= 0.6 is 0 Å². The Balaban J connectivity index is 1.83. The first-order chi connectivity index (χ1) is 13.1. The van der Waals surface area contributed by atoms with E-state index in [9.17, 15) is 14.9 Å². The number of nitrogens with zero attached hydrogens (tertiary/aromatic N) is 3. The van der Waals surface area contributed by atoms with Crippen LogP contribution in [0, 0.1) is 10.1 Å². The van der Waals surface area contributed by atoms with Crippen molar-refractivity contribution in [3.8, 4) is 11.6 Å². The van der Waals surface area contributed by atoms with Crippen LogP contribution < -0.4 is 10.1 Å². The normalized spacial score (nSPS) is 14.4. The maximum atomic E-state index is 11.6. The number of hydrogen-bond acceptors (Lipinski definition) is 8. The number of esters is 1. The quantitative estimate of drug-likeness (QED) is 0.463. The van der Waals surface area contributed by atoms with E-state index in [2.05, 4.69) is 20.0 Å². The molecule has 0 spiro atoms. The van der Waals surface area contributed by atoms with Crippen molar-refractivity contribution >= 4 is 17.5 Å². The molecular formula is C18H20N4O5. The third-order valence-corrected chi connectivity index (χ3v) is 4.41. The number of carbonyl (C=O) groups is 1. The molecule has 0 radical (unpaired) electrons. The van der Waals surface area contributed by atoms with Crippen molar-refractivity contribution in [1.29, 1.82) is 0 Å². The van der Waals surface area contributed by atoms with Crippen LogP contribution in [0.1, 0.15) is 42.5 Å². The molecule has 2 aromatic rings. The summed E-state index contributed by atoms with van der Waals surface area (Å²) in [6, 6.07) is 6.21. The Labute approximate surface area is 155 Å². The number of anilines is 1. The number of nitro groups is 1. The molecule has 1 fully saturated rings. The molecule has 1 saturated carbocycles. The molecule has 1 N–H and O–H groups in total. The van der Waals surface area contributed by atoms with Gasteiger partial charge >= 0.3 is 17.5 Å². The number of benzene rings is 1. The van der Waals surface area contributed by atoms with E-state index in [4.69, 9.17) is 4.74 Å². The van der Waals surface area contributed by atoms with Crippen LogP contribution in [0.4, 0.5) is 11.5 Å². The first kappa shape index (κ1) is 18.6. The molecule has 1 aliphatic rings. The topological polar surface area (TPSA) is 116 Å². The summed E-state index contributed by atoms with van der Waals surface area (Å²) >= 11 is 0. The lowest BCUT2D eigenvalue weighted by molar-refractivity contribution is -0.385. The SMILES string of the molecule is COC(=O)c1ccc(Oc2ncnc(NC3CCCCC3)c2[N+](=O)[O-])cc1. The minimum atomic E-state index is -0.552. The van der Waals surface area contributed by atoms with Crippen LogP contribution in [0.25, 0.3) is 0 Å². The molecule has 9 nitrogen and oxygen atoms in total. The summed E-state index contributed by atoms with van der Waals surface area (Å²) in [5.41, 5.74) is 0.0433. The van der Waals surface area contributed by atoms with Crippen molar-refractivity contribution in [3.63, 3.8) is 0 Å². The van der Waals surface area contributed by atoms with Crippen LogP contribution in [0.15, 0.2) is 30.6 Å². The third kappa shape index (κ3) is 4.49. The monoisotopic (exact) mass is 372 g/mol. The van der Waals surface area contributed by atoms with E-state index < -0.39 is 10.9 Å². The van der Waals surface area contributed by atoms with Gasteiger partial charge in [-0.05, 0) is 37.1 Å². The van der Waals surface area contributed by atoms with Gasteiger partial charge in [-0.2, -0.15) is 4.98 Å². The maximum Gasteiger partial charge on any atom is 0.373 e. The summed E-state index contributed by atoms with van der Waals surface area (Å²) in [6.07, 6.45) is 6.49. The van der Waals surface area contributed by atoms with E-state index in [0.717, 1.165) is 25.7 Å². The van der Waals surface area contributed by atoms with Crippen molar-refractivity contribution in [2.75, 3.05) is 12.4 Å². The largest absolute Gasteiger partial charge is 0.465 e. The maximum absolute atomic E-state index is 11.6. The number of aromatic nitrogens is 2. The molecule has 9 heteroatoms. The van der Waals surface area contributed by atoms with Crippen LogP contribution in [-0.4, -0.2) is 34.0 Å². The summed E-state index contributed by atoms with van der Waals surface area (Å²) in [5.74, 6) is -0.163. The van der Waals surface area contributed by atoms with Gasteiger partial charge in [0.1, 0.15) is 12.1 Å². The van der Waals surface area contributed by atoms with E-state index in [1.165, 1.54) is 44.1 Å². The van der Waals surface area contributed by atoms with E-state index >= 15 is 0 Å². The smallest absolute Gasteiger partial charge is 0.373 e. The fraction of sp³-hybridized carbons (Fsp3) is 0.389. The molecule has 0 unspecified atom stereocenters. The minimum absolute atomic E-state index is 0.152. The van der Waals surface area contributed by atoms with Gasteiger partial charge in [-0.15, -0.1) is 0 Å². The Morgan fingerprint density at radius 3 is 2.52 bits per heavy atom. The summed E-state index contributed by atoms with van der Waals surface area (Å²) in [4.78, 5) is 30.5. The molecule has 27 heavy (non-hydrogen) atoms. The van der Waals surface area contributed by atoms with Crippen molar-refractivity contribution in [3.05, 3.63) is 46.3 Å². The zero-order chi connectivity index (χ0) is 19.2. The number of nitrogens with one attached hydrogen (secondary N) is 1. The molecular weight excluding hydrogens is 352 g/mol. The number of methoxy groups -OCH3 is 1. The lowest BCUT2D eigenvalue weighted by Gasteiger charge is -2.23.